The van der Waals surface area contributed by atoms with Gasteiger partial charge in [-0.15, -0.1) is 0 Å². The maximum atomic E-state index is 11.5. The van der Waals surface area contributed by atoms with Gasteiger partial charge in [0.2, 0.25) is 0 Å². The number of carbonyl (C=O) groups excluding carboxylic acids is 2. The predicted octanol–water partition coefficient (Wildman–Crippen LogP) is 4.89. The number of para-hydroxylation sites is 1. The summed E-state index contributed by atoms with van der Waals surface area (Å²) in [6.07, 6.45) is 3.88. The topological polar surface area (TPSA) is 81.9 Å². The summed E-state index contributed by atoms with van der Waals surface area (Å²) in [4.78, 5) is 22.8. The van der Waals surface area contributed by atoms with Gasteiger partial charge in [0.25, 0.3) is 0 Å². The first kappa shape index (κ1) is 24.5. The van der Waals surface area contributed by atoms with Crippen LogP contribution in [0.5, 0.6) is 11.5 Å². The summed E-state index contributed by atoms with van der Waals surface area (Å²) >= 11 is 0. The number of piperidine rings is 1. The molecule has 0 saturated carbocycles. The fraction of sp³-hybridized carbons (Fsp3) is 0.423. The molecule has 0 N–H and O–H groups in total. The Labute approximate surface area is 194 Å². The van der Waals surface area contributed by atoms with E-state index in [-0.39, 0.29) is 5.78 Å². The maximum absolute atomic E-state index is 11.5. The summed E-state index contributed by atoms with van der Waals surface area (Å²) in [6, 6.07) is 13.4. The molecule has 0 bridgehead atoms. The van der Waals surface area contributed by atoms with Crippen LogP contribution >= 0.6 is 0 Å². The molecule has 3 aromatic rings. The van der Waals surface area contributed by atoms with Crippen LogP contribution in [-0.2, 0) is 4.79 Å². The summed E-state index contributed by atoms with van der Waals surface area (Å²) in [5.74, 6) is 1.76. The van der Waals surface area contributed by atoms with E-state index in [0.29, 0.717) is 29.6 Å². The number of benzene rings is 2. The molecule has 33 heavy (non-hydrogen) atoms. The number of hydrogen-bond acceptors (Lipinski definition) is 7. The summed E-state index contributed by atoms with van der Waals surface area (Å²) in [6.45, 7) is 6.72. The molecule has 176 valence electrons. The average molecular weight is 453 g/mol. The first-order chi connectivity index (χ1) is 16.1. The summed E-state index contributed by atoms with van der Waals surface area (Å²) in [5, 5.41) is 5.49. The molecule has 7 heteroatoms. The molecule has 1 saturated heterocycles. The molecule has 1 aromatic heterocycles. The molecule has 1 fully saturated rings. The minimum atomic E-state index is 0.0156. The van der Waals surface area contributed by atoms with Gasteiger partial charge in [-0.05, 0) is 76.5 Å². The van der Waals surface area contributed by atoms with E-state index >= 15 is 0 Å². The van der Waals surface area contributed by atoms with Gasteiger partial charge in [0, 0.05) is 23.4 Å². The molecular weight excluding hydrogens is 420 g/mol. The molecule has 2 aromatic carbocycles. The minimum Gasteiger partial charge on any atom is -0.493 e. The van der Waals surface area contributed by atoms with Gasteiger partial charge in [-0.3, -0.25) is 4.79 Å². The van der Waals surface area contributed by atoms with Crippen molar-refractivity contribution in [3.05, 3.63) is 53.7 Å². The molecule has 4 rings (SSSR count). The monoisotopic (exact) mass is 452 g/mol. The zero-order valence-corrected chi connectivity index (χ0v) is 19.6. The molecule has 7 nitrogen and oxygen atoms in total. The second-order valence-corrected chi connectivity index (χ2v) is 8.04. The smallest absolute Gasteiger partial charge is 0.167 e. The lowest BCUT2D eigenvalue weighted by molar-refractivity contribution is -0.106. The second-order valence-electron chi connectivity index (χ2n) is 8.04. The minimum absolute atomic E-state index is 0.0156. The Morgan fingerprint density at radius 3 is 2.61 bits per heavy atom. The Bertz CT molecular complexity index is 1050. The van der Waals surface area contributed by atoms with Gasteiger partial charge in [-0.25, -0.2) is 0 Å². The number of rotatable bonds is 8. The van der Waals surface area contributed by atoms with Crippen LogP contribution in [0.15, 0.2) is 47.0 Å². The highest BCUT2D eigenvalue weighted by Gasteiger charge is 2.24. The van der Waals surface area contributed by atoms with Crippen LogP contribution in [0.25, 0.3) is 11.0 Å². The SMILES string of the molecule is CC=O.COc1cc(C(C)=O)ccc1OCCCN1CCC(c2noc3ccccc23)CC1. The standard InChI is InChI=1S/C24H28N2O4.C2H4O/c1-17(27)19-8-9-22(23(16-19)28-2)29-15-5-12-26-13-10-18(11-14-26)24-20-6-3-4-7-21(20)30-25-24;1-2-3/h3-4,6-9,16,18H,5,10-15H2,1-2H3;2H,1H3. The predicted molar refractivity (Wildman–Crippen MR) is 127 cm³/mol. The second kappa shape index (κ2) is 12.2. The number of ether oxygens (including phenoxy) is 2. The number of fused-ring (bicyclic) bond motifs is 1. The fourth-order valence-corrected chi connectivity index (χ4v) is 4.11. The number of hydrogen-bond donors (Lipinski definition) is 0. The average Bonchev–Trinajstić information content (AvgIpc) is 3.27. The van der Waals surface area contributed by atoms with Crippen molar-refractivity contribution in [3.63, 3.8) is 0 Å². The van der Waals surface area contributed by atoms with E-state index in [1.54, 1.807) is 26.2 Å². The number of likely N-dealkylation sites (tertiary alicyclic amines) is 1. The third-order valence-electron chi connectivity index (χ3n) is 5.83. The van der Waals surface area contributed by atoms with Crippen molar-refractivity contribution in [2.24, 2.45) is 0 Å². The molecule has 0 atom stereocenters. The van der Waals surface area contributed by atoms with Crippen LogP contribution in [0.4, 0.5) is 0 Å². The van der Waals surface area contributed by atoms with Gasteiger partial charge in [-0.1, -0.05) is 17.3 Å². The molecule has 2 heterocycles. The van der Waals surface area contributed by atoms with Crippen LogP contribution in [0, 0.1) is 0 Å². The Kier molecular flexibility index (Phi) is 9.01. The Morgan fingerprint density at radius 1 is 1.18 bits per heavy atom. The van der Waals surface area contributed by atoms with Crippen molar-refractivity contribution in [2.45, 2.75) is 39.0 Å². The number of Topliss-reactive ketones (excluding diaryl/α,β-unsaturated/α-hetero) is 1. The van der Waals surface area contributed by atoms with Crippen LogP contribution in [-0.4, -0.2) is 55.5 Å². The molecule has 1 aliphatic heterocycles. The van der Waals surface area contributed by atoms with Crippen molar-refractivity contribution >= 4 is 23.0 Å². The van der Waals surface area contributed by atoms with Crippen molar-refractivity contribution in [1.82, 2.24) is 10.1 Å². The number of nitrogens with zero attached hydrogens (tertiary/aromatic N) is 2. The maximum Gasteiger partial charge on any atom is 0.167 e. The molecule has 1 aliphatic rings. The van der Waals surface area contributed by atoms with Gasteiger partial charge in [0.1, 0.15) is 6.29 Å². The fourth-order valence-electron chi connectivity index (χ4n) is 4.11. The Balaban J connectivity index is 0.000000968. The van der Waals surface area contributed by atoms with E-state index in [1.807, 2.05) is 24.3 Å². The summed E-state index contributed by atoms with van der Waals surface area (Å²) in [5.41, 5.74) is 2.61. The molecule has 0 radical (unpaired) electrons. The van der Waals surface area contributed by atoms with Gasteiger partial charge >= 0.3 is 0 Å². The van der Waals surface area contributed by atoms with E-state index in [4.69, 9.17) is 18.8 Å². The van der Waals surface area contributed by atoms with Crippen molar-refractivity contribution in [2.75, 3.05) is 33.4 Å². The highest BCUT2D eigenvalue weighted by Crippen LogP contribution is 2.32. The van der Waals surface area contributed by atoms with E-state index in [1.165, 1.54) is 6.92 Å². The number of aldehydes is 1. The highest BCUT2D eigenvalue weighted by molar-refractivity contribution is 5.94. The quantitative estimate of drug-likeness (QED) is 0.273. The van der Waals surface area contributed by atoms with E-state index < -0.39 is 0 Å². The number of methoxy groups -OCH3 is 1. The van der Waals surface area contributed by atoms with Gasteiger partial charge in [0.05, 0.1) is 19.4 Å². The van der Waals surface area contributed by atoms with Gasteiger partial charge in [-0.2, -0.15) is 0 Å². The normalized spacial score (nSPS) is 14.4. The van der Waals surface area contributed by atoms with Crippen molar-refractivity contribution in [3.8, 4) is 11.5 Å². The van der Waals surface area contributed by atoms with Crippen LogP contribution in [0.1, 0.15) is 55.1 Å². The van der Waals surface area contributed by atoms with E-state index in [9.17, 15) is 4.79 Å². The number of ketones is 1. The van der Waals surface area contributed by atoms with Crippen molar-refractivity contribution < 1.29 is 23.6 Å². The first-order valence-corrected chi connectivity index (χ1v) is 11.4. The van der Waals surface area contributed by atoms with Crippen LogP contribution < -0.4 is 9.47 Å². The Hall–Kier alpha value is -3.19. The molecule has 0 spiro atoms. The molecule has 0 unspecified atom stereocenters. The van der Waals surface area contributed by atoms with E-state index in [0.717, 1.165) is 61.8 Å². The lowest BCUT2D eigenvalue weighted by atomic mass is 9.91. The largest absolute Gasteiger partial charge is 0.493 e. The molecule has 0 amide bonds. The Morgan fingerprint density at radius 2 is 1.91 bits per heavy atom. The third-order valence-corrected chi connectivity index (χ3v) is 5.83. The van der Waals surface area contributed by atoms with Gasteiger partial charge < -0.3 is 23.7 Å². The van der Waals surface area contributed by atoms with Crippen LogP contribution in [0.3, 0.4) is 0 Å². The first-order valence-electron chi connectivity index (χ1n) is 11.4. The lowest BCUT2D eigenvalue weighted by Gasteiger charge is -2.31. The van der Waals surface area contributed by atoms with Gasteiger partial charge in [0.15, 0.2) is 22.9 Å². The van der Waals surface area contributed by atoms with E-state index in [2.05, 4.69) is 16.1 Å². The molecule has 0 aliphatic carbocycles. The zero-order valence-electron chi connectivity index (χ0n) is 19.6. The third kappa shape index (κ3) is 6.42. The van der Waals surface area contributed by atoms with Crippen LogP contribution in [0.2, 0.25) is 0 Å². The highest BCUT2D eigenvalue weighted by atomic mass is 16.5. The summed E-state index contributed by atoms with van der Waals surface area (Å²) in [7, 11) is 1.59. The van der Waals surface area contributed by atoms with Crippen molar-refractivity contribution in [1.29, 1.82) is 0 Å². The molecular formula is C26H32N2O5. The lowest BCUT2D eigenvalue weighted by Crippen LogP contribution is -2.34. The number of carbonyl (C=O) groups is 2. The summed E-state index contributed by atoms with van der Waals surface area (Å²) < 4.78 is 16.7. The zero-order chi connectivity index (χ0) is 23.6. The number of aromatic nitrogens is 1.